The van der Waals surface area contributed by atoms with Gasteiger partial charge < -0.3 is 10.4 Å². The molecule has 3 rings (SSSR count). The molecule has 22 heavy (non-hydrogen) atoms. The normalized spacial score (nSPS) is 13.5. The van der Waals surface area contributed by atoms with Crippen LogP contribution in [0.4, 0.5) is 5.00 Å². The van der Waals surface area contributed by atoms with Crippen molar-refractivity contribution < 1.29 is 14.7 Å². The van der Waals surface area contributed by atoms with Crippen molar-refractivity contribution in [3.63, 3.8) is 0 Å². The van der Waals surface area contributed by atoms with Gasteiger partial charge in [0.25, 0.3) is 5.91 Å². The summed E-state index contributed by atoms with van der Waals surface area (Å²) >= 11 is 4.72. The SMILES string of the molecule is O=C(Nc1sc2c(c1C(=O)O)CCCC2)c1cccc(Br)c1. The molecule has 1 amide bonds. The van der Waals surface area contributed by atoms with Gasteiger partial charge in [0, 0.05) is 14.9 Å². The standard InChI is InChI=1S/C16H14BrNO3S/c17-10-5-3-4-9(8-10)14(19)18-15-13(16(20)21)11-6-1-2-7-12(11)22-15/h3-5,8H,1-2,6-7H2,(H,18,19)(H,20,21). The Morgan fingerprint density at radius 1 is 1.23 bits per heavy atom. The molecule has 0 atom stereocenters. The predicted octanol–water partition coefficient (Wildman–Crippen LogP) is 4.34. The van der Waals surface area contributed by atoms with E-state index in [9.17, 15) is 14.7 Å². The number of fused-ring (bicyclic) bond motifs is 1. The molecule has 2 aromatic rings. The molecule has 0 unspecified atom stereocenters. The Kier molecular flexibility index (Phi) is 4.31. The summed E-state index contributed by atoms with van der Waals surface area (Å²) in [6, 6.07) is 7.02. The maximum atomic E-state index is 12.3. The van der Waals surface area contributed by atoms with E-state index < -0.39 is 5.97 Å². The van der Waals surface area contributed by atoms with Gasteiger partial charge in [-0.1, -0.05) is 22.0 Å². The van der Waals surface area contributed by atoms with Gasteiger partial charge in [-0.15, -0.1) is 11.3 Å². The van der Waals surface area contributed by atoms with E-state index in [1.165, 1.54) is 11.3 Å². The number of carbonyl (C=O) groups is 2. The van der Waals surface area contributed by atoms with E-state index in [1.807, 2.05) is 6.07 Å². The van der Waals surface area contributed by atoms with Crippen molar-refractivity contribution in [2.24, 2.45) is 0 Å². The minimum Gasteiger partial charge on any atom is -0.478 e. The first kappa shape index (κ1) is 15.2. The molecule has 1 aliphatic carbocycles. The van der Waals surface area contributed by atoms with Crippen LogP contribution in [-0.2, 0) is 12.8 Å². The zero-order valence-corrected chi connectivity index (χ0v) is 14.1. The molecule has 1 aromatic carbocycles. The fourth-order valence-electron chi connectivity index (χ4n) is 2.69. The van der Waals surface area contributed by atoms with Crippen LogP contribution in [0.5, 0.6) is 0 Å². The van der Waals surface area contributed by atoms with Gasteiger partial charge in [0.15, 0.2) is 0 Å². The number of aryl methyl sites for hydroxylation is 1. The third-order valence-corrected chi connectivity index (χ3v) is 5.40. The third-order valence-electron chi connectivity index (χ3n) is 3.70. The van der Waals surface area contributed by atoms with Gasteiger partial charge in [-0.3, -0.25) is 4.79 Å². The van der Waals surface area contributed by atoms with Gasteiger partial charge in [0.05, 0.1) is 5.56 Å². The fourth-order valence-corrected chi connectivity index (χ4v) is 4.36. The number of nitrogens with one attached hydrogen (secondary N) is 1. The number of carboxylic acids is 1. The fraction of sp³-hybridized carbons (Fsp3) is 0.250. The van der Waals surface area contributed by atoms with Gasteiger partial charge in [0.2, 0.25) is 0 Å². The molecule has 0 saturated heterocycles. The van der Waals surface area contributed by atoms with Crippen molar-refractivity contribution in [3.8, 4) is 0 Å². The lowest BCUT2D eigenvalue weighted by Gasteiger charge is -2.10. The Hall–Kier alpha value is -1.66. The highest BCUT2D eigenvalue weighted by Crippen LogP contribution is 2.38. The van der Waals surface area contributed by atoms with Crippen LogP contribution in [-0.4, -0.2) is 17.0 Å². The summed E-state index contributed by atoms with van der Waals surface area (Å²) in [5.74, 6) is -1.26. The van der Waals surface area contributed by atoms with E-state index in [0.717, 1.165) is 40.6 Å². The first-order valence-electron chi connectivity index (χ1n) is 7.01. The predicted molar refractivity (Wildman–Crippen MR) is 90.0 cm³/mol. The van der Waals surface area contributed by atoms with Gasteiger partial charge in [-0.25, -0.2) is 4.79 Å². The van der Waals surface area contributed by atoms with E-state index in [-0.39, 0.29) is 11.5 Å². The Labute approximate surface area is 140 Å². The molecule has 0 aliphatic heterocycles. The lowest BCUT2D eigenvalue weighted by Crippen LogP contribution is -2.14. The minimum atomic E-state index is -0.969. The zero-order chi connectivity index (χ0) is 15.7. The van der Waals surface area contributed by atoms with Crippen LogP contribution in [0.2, 0.25) is 0 Å². The van der Waals surface area contributed by atoms with Crippen LogP contribution in [0.1, 0.15) is 44.0 Å². The number of thiophene rings is 1. The molecule has 1 heterocycles. The van der Waals surface area contributed by atoms with Crippen LogP contribution in [0.3, 0.4) is 0 Å². The van der Waals surface area contributed by atoms with Crippen LogP contribution in [0.15, 0.2) is 28.7 Å². The molecule has 1 aliphatic rings. The highest BCUT2D eigenvalue weighted by molar-refractivity contribution is 9.10. The number of rotatable bonds is 3. The van der Waals surface area contributed by atoms with Crippen molar-refractivity contribution in [2.75, 3.05) is 5.32 Å². The monoisotopic (exact) mass is 379 g/mol. The Balaban J connectivity index is 1.93. The summed E-state index contributed by atoms with van der Waals surface area (Å²) in [4.78, 5) is 25.0. The average molecular weight is 380 g/mol. The van der Waals surface area contributed by atoms with Crippen LogP contribution in [0.25, 0.3) is 0 Å². The molecule has 1 aromatic heterocycles. The summed E-state index contributed by atoms with van der Waals surface area (Å²) in [7, 11) is 0. The summed E-state index contributed by atoms with van der Waals surface area (Å²) in [6.07, 6.45) is 3.75. The van der Waals surface area contributed by atoms with E-state index in [0.29, 0.717) is 10.6 Å². The molecule has 0 saturated carbocycles. The number of amides is 1. The minimum absolute atomic E-state index is 0.267. The maximum absolute atomic E-state index is 12.3. The zero-order valence-electron chi connectivity index (χ0n) is 11.7. The number of carboxylic acid groups (broad SMARTS) is 1. The molecule has 4 nitrogen and oxygen atoms in total. The van der Waals surface area contributed by atoms with Crippen molar-refractivity contribution in [2.45, 2.75) is 25.7 Å². The molecule has 0 fully saturated rings. The second-order valence-electron chi connectivity index (χ2n) is 5.18. The summed E-state index contributed by atoms with van der Waals surface area (Å²) in [6.45, 7) is 0. The van der Waals surface area contributed by atoms with Crippen LogP contribution >= 0.6 is 27.3 Å². The molecule has 0 bridgehead atoms. The molecule has 2 N–H and O–H groups in total. The highest BCUT2D eigenvalue weighted by atomic mass is 79.9. The molecular weight excluding hydrogens is 366 g/mol. The summed E-state index contributed by atoms with van der Waals surface area (Å²) in [5.41, 5.74) is 1.66. The largest absolute Gasteiger partial charge is 0.478 e. The molecule has 0 radical (unpaired) electrons. The molecule has 114 valence electrons. The van der Waals surface area contributed by atoms with Gasteiger partial charge in [-0.05, 0) is 49.4 Å². The molecule has 0 spiro atoms. The number of anilines is 1. The topological polar surface area (TPSA) is 66.4 Å². The Morgan fingerprint density at radius 3 is 2.73 bits per heavy atom. The van der Waals surface area contributed by atoms with Crippen molar-refractivity contribution in [1.29, 1.82) is 0 Å². The molecular formula is C16H14BrNO3S. The Bertz CT molecular complexity index is 754. The molecule has 6 heteroatoms. The van der Waals surface area contributed by atoms with Crippen molar-refractivity contribution in [3.05, 3.63) is 50.3 Å². The second kappa shape index (κ2) is 6.22. The maximum Gasteiger partial charge on any atom is 0.339 e. The van der Waals surface area contributed by atoms with E-state index in [1.54, 1.807) is 18.2 Å². The summed E-state index contributed by atoms with van der Waals surface area (Å²) < 4.78 is 0.809. The first-order valence-corrected chi connectivity index (χ1v) is 8.62. The van der Waals surface area contributed by atoms with E-state index in [4.69, 9.17) is 0 Å². The van der Waals surface area contributed by atoms with Gasteiger partial charge in [0.1, 0.15) is 5.00 Å². The van der Waals surface area contributed by atoms with E-state index >= 15 is 0 Å². The van der Waals surface area contributed by atoms with Gasteiger partial charge in [-0.2, -0.15) is 0 Å². The van der Waals surface area contributed by atoms with Gasteiger partial charge >= 0.3 is 5.97 Å². The lowest BCUT2D eigenvalue weighted by atomic mass is 9.95. The highest BCUT2D eigenvalue weighted by Gasteiger charge is 2.26. The number of benzene rings is 1. The number of hydrogen-bond donors (Lipinski definition) is 2. The number of halogens is 1. The summed E-state index contributed by atoms with van der Waals surface area (Å²) in [5, 5.41) is 12.7. The quantitative estimate of drug-likeness (QED) is 0.833. The van der Waals surface area contributed by atoms with Crippen molar-refractivity contribution >= 4 is 44.1 Å². The van der Waals surface area contributed by atoms with Crippen molar-refractivity contribution in [1.82, 2.24) is 0 Å². The van der Waals surface area contributed by atoms with Crippen LogP contribution in [0, 0.1) is 0 Å². The smallest absolute Gasteiger partial charge is 0.339 e. The first-order chi connectivity index (χ1) is 10.6. The average Bonchev–Trinajstić information content (AvgIpc) is 2.85. The van der Waals surface area contributed by atoms with E-state index in [2.05, 4.69) is 21.2 Å². The second-order valence-corrected chi connectivity index (χ2v) is 7.21. The number of hydrogen-bond acceptors (Lipinski definition) is 3. The number of aromatic carboxylic acids is 1. The number of carbonyl (C=O) groups excluding carboxylic acids is 1. The third kappa shape index (κ3) is 2.94. The Morgan fingerprint density at radius 2 is 2.00 bits per heavy atom. The van der Waals surface area contributed by atoms with Crippen LogP contribution < -0.4 is 5.32 Å². The lowest BCUT2D eigenvalue weighted by molar-refractivity contribution is 0.0697.